The molecule has 0 atom stereocenters. The summed E-state index contributed by atoms with van der Waals surface area (Å²) in [5, 5.41) is 0. The summed E-state index contributed by atoms with van der Waals surface area (Å²) in [6.07, 6.45) is 0.905. The Hall–Kier alpha value is -2.23. The Morgan fingerprint density at radius 1 is 1.14 bits per heavy atom. The van der Waals surface area contributed by atoms with Crippen LogP contribution < -0.4 is 15.2 Å². The zero-order valence-corrected chi connectivity index (χ0v) is 12.8. The molecular weight excluding hydrogens is 264 g/mol. The lowest BCUT2D eigenvalue weighted by molar-refractivity contribution is 0.260. The molecule has 0 amide bonds. The molecule has 4 heteroatoms. The molecule has 0 aliphatic rings. The zero-order chi connectivity index (χ0) is 15.2. The predicted molar refractivity (Wildman–Crippen MR) is 84.9 cm³/mol. The number of nitrogens with two attached hydrogens (primary N) is 1. The summed E-state index contributed by atoms with van der Waals surface area (Å²) in [7, 11) is 0. The molecule has 21 heavy (non-hydrogen) atoms. The topological polar surface area (TPSA) is 57.4 Å². The quantitative estimate of drug-likeness (QED) is 0.870. The average molecular weight is 286 g/mol. The van der Waals surface area contributed by atoms with Crippen molar-refractivity contribution in [3.63, 3.8) is 0 Å². The number of hydrogen-bond acceptors (Lipinski definition) is 4. The normalized spacial score (nSPS) is 10.7. The van der Waals surface area contributed by atoms with Gasteiger partial charge in [0.15, 0.2) is 0 Å². The molecule has 2 N–H and O–H groups in total. The Bertz CT molecular complexity index is 597. The van der Waals surface area contributed by atoms with Crippen molar-refractivity contribution in [3.05, 3.63) is 42.0 Å². The number of aryl methyl sites for hydroxylation is 1. The molecule has 0 fully saturated rings. The second-order valence-electron chi connectivity index (χ2n) is 5.31. The molecule has 1 heterocycles. The maximum absolute atomic E-state index is 5.88. The highest BCUT2D eigenvalue weighted by Crippen LogP contribution is 2.28. The second-order valence-corrected chi connectivity index (χ2v) is 5.31. The summed E-state index contributed by atoms with van der Waals surface area (Å²) in [6, 6.07) is 11.4. The number of anilines is 1. The van der Waals surface area contributed by atoms with E-state index < -0.39 is 0 Å². The number of para-hydroxylation sites is 1. The summed E-state index contributed by atoms with van der Waals surface area (Å²) < 4.78 is 11.5. The molecular formula is C17H22N2O2. The Labute approximate surface area is 125 Å². The minimum Gasteiger partial charge on any atom is -0.476 e. The van der Waals surface area contributed by atoms with E-state index in [0.717, 1.165) is 17.7 Å². The van der Waals surface area contributed by atoms with Crippen LogP contribution in [0.4, 0.5) is 5.69 Å². The van der Waals surface area contributed by atoms with Crippen LogP contribution in [0.15, 0.2) is 36.4 Å². The van der Waals surface area contributed by atoms with Crippen molar-refractivity contribution < 1.29 is 9.47 Å². The third-order valence-electron chi connectivity index (χ3n) is 2.99. The highest BCUT2D eigenvalue weighted by Gasteiger charge is 2.09. The van der Waals surface area contributed by atoms with Crippen LogP contribution in [0.2, 0.25) is 0 Å². The van der Waals surface area contributed by atoms with Crippen LogP contribution in [-0.2, 0) is 6.42 Å². The van der Waals surface area contributed by atoms with E-state index in [9.17, 15) is 0 Å². The lowest BCUT2D eigenvalue weighted by Gasteiger charge is -2.13. The first-order valence-corrected chi connectivity index (χ1v) is 7.25. The van der Waals surface area contributed by atoms with E-state index in [-0.39, 0.29) is 0 Å². The number of aromatic nitrogens is 1. The minimum absolute atomic E-state index is 0.414. The molecule has 2 aromatic rings. The lowest BCUT2D eigenvalue weighted by Crippen LogP contribution is -2.08. The second kappa shape index (κ2) is 6.97. The maximum Gasteiger partial charge on any atom is 0.240 e. The van der Waals surface area contributed by atoms with Gasteiger partial charge in [-0.15, -0.1) is 0 Å². The maximum atomic E-state index is 5.88. The molecule has 0 unspecified atom stereocenters. The largest absolute Gasteiger partial charge is 0.476 e. The van der Waals surface area contributed by atoms with Crippen molar-refractivity contribution in [2.75, 3.05) is 12.3 Å². The SMILES string of the molecule is CCc1ccccc1Oc1ccc(N)c(OCC(C)C)n1. The zero-order valence-electron chi connectivity index (χ0n) is 12.8. The van der Waals surface area contributed by atoms with Gasteiger partial charge in [-0.3, -0.25) is 0 Å². The first-order valence-electron chi connectivity index (χ1n) is 7.25. The first-order chi connectivity index (χ1) is 10.1. The number of benzene rings is 1. The Kier molecular flexibility index (Phi) is 5.04. The van der Waals surface area contributed by atoms with Gasteiger partial charge in [-0.05, 0) is 30.0 Å². The summed E-state index contributed by atoms with van der Waals surface area (Å²) in [4.78, 5) is 4.35. The third kappa shape index (κ3) is 4.12. The van der Waals surface area contributed by atoms with Crippen LogP contribution in [0, 0.1) is 5.92 Å². The van der Waals surface area contributed by atoms with Gasteiger partial charge in [0.1, 0.15) is 5.75 Å². The number of nitrogen functional groups attached to an aromatic ring is 1. The van der Waals surface area contributed by atoms with Crippen molar-refractivity contribution >= 4 is 5.69 Å². The van der Waals surface area contributed by atoms with Crippen molar-refractivity contribution in [2.24, 2.45) is 5.92 Å². The molecule has 1 aromatic heterocycles. The predicted octanol–water partition coefficient (Wildman–Crippen LogP) is 4.05. The van der Waals surface area contributed by atoms with Crippen LogP contribution >= 0.6 is 0 Å². The summed E-state index contributed by atoms with van der Waals surface area (Å²) in [5.41, 5.74) is 7.54. The van der Waals surface area contributed by atoms with Crippen LogP contribution in [0.25, 0.3) is 0 Å². The van der Waals surface area contributed by atoms with E-state index in [4.69, 9.17) is 15.2 Å². The molecule has 0 saturated carbocycles. The van der Waals surface area contributed by atoms with Gasteiger partial charge in [-0.2, -0.15) is 4.98 Å². The van der Waals surface area contributed by atoms with Crippen molar-refractivity contribution in [3.8, 4) is 17.5 Å². The highest BCUT2D eigenvalue weighted by molar-refractivity contribution is 5.50. The third-order valence-corrected chi connectivity index (χ3v) is 2.99. The molecule has 4 nitrogen and oxygen atoms in total. The van der Waals surface area contributed by atoms with Crippen LogP contribution in [0.3, 0.4) is 0 Å². The van der Waals surface area contributed by atoms with E-state index in [1.54, 1.807) is 12.1 Å². The van der Waals surface area contributed by atoms with Crippen LogP contribution in [0.1, 0.15) is 26.3 Å². The lowest BCUT2D eigenvalue weighted by atomic mass is 10.1. The van der Waals surface area contributed by atoms with Crippen molar-refractivity contribution in [2.45, 2.75) is 27.2 Å². The molecule has 1 aromatic carbocycles. The van der Waals surface area contributed by atoms with Crippen LogP contribution in [0.5, 0.6) is 17.5 Å². The van der Waals surface area contributed by atoms with Gasteiger partial charge < -0.3 is 15.2 Å². The number of pyridine rings is 1. The first kappa shape index (κ1) is 15.2. The smallest absolute Gasteiger partial charge is 0.240 e. The standard InChI is InChI=1S/C17H22N2O2/c1-4-13-7-5-6-8-15(13)21-16-10-9-14(18)17(19-16)20-11-12(2)3/h5-10,12H,4,11,18H2,1-3H3. The summed E-state index contributed by atoms with van der Waals surface area (Å²) in [5.74, 6) is 2.14. The van der Waals surface area contributed by atoms with Gasteiger partial charge in [0, 0.05) is 6.07 Å². The van der Waals surface area contributed by atoms with Crippen molar-refractivity contribution in [1.82, 2.24) is 4.98 Å². The molecule has 2 rings (SSSR count). The summed E-state index contributed by atoms with van der Waals surface area (Å²) >= 11 is 0. The fraction of sp³-hybridized carbons (Fsp3) is 0.353. The monoisotopic (exact) mass is 286 g/mol. The fourth-order valence-electron chi connectivity index (χ4n) is 1.86. The average Bonchev–Trinajstić information content (AvgIpc) is 2.48. The number of nitrogens with zero attached hydrogens (tertiary/aromatic N) is 1. The minimum atomic E-state index is 0.414. The van der Waals surface area contributed by atoms with Gasteiger partial charge in [0.05, 0.1) is 12.3 Å². The molecule has 0 bridgehead atoms. The van der Waals surface area contributed by atoms with Gasteiger partial charge in [-0.25, -0.2) is 0 Å². The molecule has 112 valence electrons. The molecule has 0 aliphatic carbocycles. The summed E-state index contributed by atoms with van der Waals surface area (Å²) in [6.45, 7) is 6.82. The Morgan fingerprint density at radius 3 is 2.62 bits per heavy atom. The highest BCUT2D eigenvalue weighted by atomic mass is 16.5. The van der Waals surface area contributed by atoms with Gasteiger partial charge >= 0.3 is 0 Å². The Morgan fingerprint density at radius 2 is 1.90 bits per heavy atom. The van der Waals surface area contributed by atoms with E-state index in [1.807, 2.05) is 24.3 Å². The van der Waals surface area contributed by atoms with Gasteiger partial charge in [-0.1, -0.05) is 39.0 Å². The number of hydrogen-bond donors (Lipinski definition) is 1. The molecule has 0 radical (unpaired) electrons. The molecule has 0 aliphatic heterocycles. The fourth-order valence-corrected chi connectivity index (χ4v) is 1.86. The van der Waals surface area contributed by atoms with Crippen molar-refractivity contribution in [1.29, 1.82) is 0 Å². The molecule has 0 saturated heterocycles. The molecule has 0 spiro atoms. The van der Waals surface area contributed by atoms with E-state index in [1.165, 1.54) is 0 Å². The van der Waals surface area contributed by atoms with E-state index >= 15 is 0 Å². The van der Waals surface area contributed by atoms with Gasteiger partial charge in [0.25, 0.3) is 0 Å². The van der Waals surface area contributed by atoms with Crippen LogP contribution in [-0.4, -0.2) is 11.6 Å². The van der Waals surface area contributed by atoms with E-state index in [2.05, 4.69) is 25.8 Å². The van der Waals surface area contributed by atoms with E-state index in [0.29, 0.717) is 30.0 Å². The number of ether oxygens (including phenoxy) is 2. The Balaban J connectivity index is 2.18. The number of rotatable bonds is 6. The van der Waals surface area contributed by atoms with Gasteiger partial charge in [0.2, 0.25) is 11.8 Å².